The van der Waals surface area contributed by atoms with Crippen LogP contribution in [-0.4, -0.2) is 12.6 Å². The molecule has 0 radical (unpaired) electrons. The van der Waals surface area contributed by atoms with Crippen LogP contribution in [0.4, 0.5) is 0 Å². The molecular weight excluding hydrogens is 198 g/mol. The molecule has 2 rings (SSSR count). The minimum atomic E-state index is 0.200. The maximum Gasteiger partial charge on any atom is 0.123 e. The van der Waals surface area contributed by atoms with Crippen molar-refractivity contribution >= 4 is 0 Å². The summed E-state index contributed by atoms with van der Waals surface area (Å²) in [6.45, 7) is 5.05. The van der Waals surface area contributed by atoms with Gasteiger partial charge < -0.3 is 10.5 Å². The first-order valence-corrected chi connectivity index (χ1v) is 6.13. The first-order valence-electron chi connectivity index (χ1n) is 6.13. The van der Waals surface area contributed by atoms with E-state index in [1.807, 2.05) is 13.0 Å². The molecule has 1 aromatic carbocycles. The number of nitrogens with two attached hydrogens (primary N) is 1. The van der Waals surface area contributed by atoms with Crippen LogP contribution in [0.25, 0.3) is 0 Å². The van der Waals surface area contributed by atoms with E-state index in [2.05, 4.69) is 25.1 Å². The van der Waals surface area contributed by atoms with Crippen molar-refractivity contribution in [2.75, 3.05) is 6.61 Å². The van der Waals surface area contributed by atoms with E-state index in [9.17, 15) is 0 Å². The van der Waals surface area contributed by atoms with E-state index < -0.39 is 0 Å². The zero-order chi connectivity index (χ0) is 11.6. The summed E-state index contributed by atoms with van der Waals surface area (Å²) in [5, 5.41) is 0. The highest BCUT2D eigenvalue weighted by molar-refractivity contribution is 5.40. The molecule has 0 heterocycles. The SMILES string of the molecule is CCOc1ccccc1C1(C)CCC(N)C1. The highest BCUT2D eigenvalue weighted by Crippen LogP contribution is 2.43. The molecule has 1 aromatic rings. The Balaban J connectivity index is 2.32. The van der Waals surface area contributed by atoms with Gasteiger partial charge in [0, 0.05) is 11.6 Å². The van der Waals surface area contributed by atoms with Crippen molar-refractivity contribution in [1.82, 2.24) is 0 Å². The Bertz CT molecular complexity index is 364. The number of para-hydroxylation sites is 1. The standard InChI is InChI=1S/C14H21NO/c1-3-16-13-7-5-4-6-12(13)14(2)9-8-11(15)10-14/h4-7,11H,3,8-10,15H2,1-2H3. The van der Waals surface area contributed by atoms with E-state index in [4.69, 9.17) is 10.5 Å². The van der Waals surface area contributed by atoms with Crippen LogP contribution >= 0.6 is 0 Å². The predicted octanol–water partition coefficient (Wildman–Crippen LogP) is 2.85. The summed E-state index contributed by atoms with van der Waals surface area (Å²) in [5.41, 5.74) is 7.55. The van der Waals surface area contributed by atoms with E-state index >= 15 is 0 Å². The third-order valence-corrected chi connectivity index (χ3v) is 3.62. The highest BCUT2D eigenvalue weighted by Gasteiger charge is 2.36. The maximum absolute atomic E-state index is 6.03. The highest BCUT2D eigenvalue weighted by atomic mass is 16.5. The average Bonchev–Trinajstić information content (AvgIpc) is 2.61. The Morgan fingerprint density at radius 2 is 2.19 bits per heavy atom. The molecule has 0 spiro atoms. The zero-order valence-electron chi connectivity index (χ0n) is 10.2. The number of benzene rings is 1. The van der Waals surface area contributed by atoms with Crippen LogP contribution in [-0.2, 0) is 5.41 Å². The third-order valence-electron chi connectivity index (χ3n) is 3.62. The van der Waals surface area contributed by atoms with Gasteiger partial charge in [0.15, 0.2) is 0 Å². The van der Waals surface area contributed by atoms with Gasteiger partial charge in [0.2, 0.25) is 0 Å². The van der Waals surface area contributed by atoms with Crippen molar-refractivity contribution < 1.29 is 4.74 Å². The van der Waals surface area contributed by atoms with Crippen molar-refractivity contribution in [2.45, 2.75) is 44.6 Å². The van der Waals surface area contributed by atoms with E-state index in [1.165, 1.54) is 5.56 Å². The van der Waals surface area contributed by atoms with Gasteiger partial charge in [-0.2, -0.15) is 0 Å². The molecule has 1 aliphatic carbocycles. The summed E-state index contributed by atoms with van der Waals surface area (Å²) in [4.78, 5) is 0. The van der Waals surface area contributed by atoms with Crippen LogP contribution in [0.2, 0.25) is 0 Å². The van der Waals surface area contributed by atoms with Crippen LogP contribution in [0.15, 0.2) is 24.3 Å². The van der Waals surface area contributed by atoms with Crippen molar-refractivity contribution in [3.63, 3.8) is 0 Å². The van der Waals surface area contributed by atoms with Gasteiger partial charge in [-0.1, -0.05) is 25.1 Å². The monoisotopic (exact) mass is 219 g/mol. The predicted molar refractivity (Wildman–Crippen MR) is 66.8 cm³/mol. The van der Waals surface area contributed by atoms with Crippen LogP contribution < -0.4 is 10.5 Å². The van der Waals surface area contributed by atoms with Crippen LogP contribution in [0.1, 0.15) is 38.7 Å². The smallest absolute Gasteiger partial charge is 0.123 e. The molecule has 16 heavy (non-hydrogen) atoms. The minimum absolute atomic E-state index is 0.200. The summed E-state index contributed by atoms with van der Waals surface area (Å²) in [5.74, 6) is 1.03. The van der Waals surface area contributed by atoms with E-state index in [-0.39, 0.29) is 5.41 Å². The second-order valence-electron chi connectivity index (χ2n) is 4.99. The van der Waals surface area contributed by atoms with Gasteiger partial charge in [-0.3, -0.25) is 0 Å². The molecule has 0 aliphatic heterocycles. The lowest BCUT2D eigenvalue weighted by Gasteiger charge is -2.26. The Morgan fingerprint density at radius 3 is 2.81 bits per heavy atom. The average molecular weight is 219 g/mol. The number of rotatable bonds is 3. The molecule has 2 unspecified atom stereocenters. The van der Waals surface area contributed by atoms with Gasteiger partial charge in [0.05, 0.1) is 6.61 Å². The normalized spacial score (nSPS) is 29.3. The number of hydrogen-bond acceptors (Lipinski definition) is 2. The Morgan fingerprint density at radius 1 is 1.44 bits per heavy atom. The van der Waals surface area contributed by atoms with Gasteiger partial charge in [-0.15, -0.1) is 0 Å². The Labute approximate surface area is 97.8 Å². The molecule has 88 valence electrons. The van der Waals surface area contributed by atoms with Gasteiger partial charge in [-0.05, 0) is 37.7 Å². The summed E-state index contributed by atoms with van der Waals surface area (Å²) >= 11 is 0. The minimum Gasteiger partial charge on any atom is -0.494 e. The lowest BCUT2D eigenvalue weighted by molar-refractivity contribution is 0.325. The van der Waals surface area contributed by atoms with Crippen molar-refractivity contribution in [2.24, 2.45) is 5.73 Å². The molecule has 2 N–H and O–H groups in total. The van der Waals surface area contributed by atoms with E-state index in [0.29, 0.717) is 6.04 Å². The molecule has 1 fully saturated rings. The van der Waals surface area contributed by atoms with E-state index in [1.54, 1.807) is 0 Å². The summed E-state index contributed by atoms with van der Waals surface area (Å²) in [6.07, 6.45) is 3.35. The number of hydrogen-bond donors (Lipinski definition) is 1. The first kappa shape index (κ1) is 11.5. The lowest BCUT2D eigenvalue weighted by atomic mass is 9.80. The molecular formula is C14H21NO. The molecule has 0 bridgehead atoms. The molecule has 0 aromatic heterocycles. The largest absolute Gasteiger partial charge is 0.494 e. The second-order valence-corrected chi connectivity index (χ2v) is 4.99. The fraction of sp³-hybridized carbons (Fsp3) is 0.571. The molecule has 0 saturated heterocycles. The summed E-state index contributed by atoms with van der Waals surface area (Å²) in [7, 11) is 0. The van der Waals surface area contributed by atoms with Crippen molar-refractivity contribution in [3.8, 4) is 5.75 Å². The topological polar surface area (TPSA) is 35.2 Å². The first-order chi connectivity index (χ1) is 7.65. The molecule has 1 saturated carbocycles. The van der Waals surface area contributed by atoms with Crippen LogP contribution in [0.3, 0.4) is 0 Å². The molecule has 1 aliphatic rings. The molecule has 2 atom stereocenters. The molecule has 2 nitrogen and oxygen atoms in total. The van der Waals surface area contributed by atoms with E-state index in [0.717, 1.165) is 31.6 Å². The Hall–Kier alpha value is -1.02. The lowest BCUT2D eigenvalue weighted by Crippen LogP contribution is -2.23. The van der Waals surface area contributed by atoms with Crippen molar-refractivity contribution in [3.05, 3.63) is 29.8 Å². The summed E-state index contributed by atoms with van der Waals surface area (Å²) in [6, 6.07) is 8.72. The Kier molecular flexibility index (Phi) is 3.20. The quantitative estimate of drug-likeness (QED) is 0.848. The van der Waals surface area contributed by atoms with Crippen molar-refractivity contribution in [1.29, 1.82) is 0 Å². The van der Waals surface area contributed by atoms with Crippen LogP contribution in [0.5, 0.6) is 5.75 Å². The molecule has 2 heteroatoms. The maximum atomic E-state index is 6.03. The number of ether oxygens (including phenoxy) is 1. The van der Waals surface area contributed by atoms with Gasteiger partial charge in [-0.25, -0.2) is 0 Å². The van der Waals surface area contributed by atoms with Gasteiger partial charge >= 0.3 is 0 Å². The van der Waals surface area contributed by atoms with Gasteiger partial charge in [0.1, 0.15) is 5.75 Å². The third kappa shape index (κ3) is 2.07. The summed E-state index contributed by atoms with van der Waals surface area (Å²) < 4.78 is 5.71. The molecule has 0 amide bonds. The fourth-order valence-electron chi connectivity index (χ4n) is 2.78. The zero-order valence-corrected chi connectivity index (χ0v) is 10.2. The fourth-order valence-corrected chi connectivity index (χ4v) is 2.78. The second kappa shape index (κ2) is 4.46. The van der Waals surface area contributed by atoms with Gasteiger partial charge in [0.25, 0.3) is 0 Å². The van der Waals surface area contributed by atoms with Crippen LogP contribution in [0, 0.1) is 0 Å².